The van der Waals surface area contributed by atoms with Crippen LogP contribution < -0.4 is 0 Å². The van der Waals surface area contributed by atoms with Gasteiger partial charge in [-0.3, -0.25) is 0 Å². The van der Waals surface area contributed by atoms with Crippen LogP contribution in [0, 0.1) is 0 Å². The molecule has 9 aromatic rings. The van der Waals surface area contributed by atoms with Gasteiger partial charge in [-0.15, -0.1) is 11.3 Å². The lowest BCUT2D eigenvalue weighted by atomic mass is 9.96. The maximum Gasteiger partial charge on any atom is 0.0973 e. The summed E-state index contributed by atoms with van der Waals surface area (Å²) in [5, 5.41) is 4.93. The normalized spacial score (nSPS) is 11.6. The molecular weight excluding hydrogens is 565 g/mol. The first-order chi connectivity index (χ1) is 22.3. The van der Waals surface area contributed by atoms with Crippen molar-refractivity contribution >= 4 is 53.3 Å². The predicted octanol–water partition coefficient (Wildman–Crippen LogP) is 11.8. The van der Waals surface area contributed by atoms with Crippen LogP contribution in [0.5, 0.6) is 0 Å². The minimum Gasteiger partial charge on any atom is -0.244 e. The van der Waals surface area contributed by atoms with Gasteiger partial charge >= 0.3 is 0 Å². The highest BCUT2D eigenvalue weighted by molar-refractivity contribution is 7.25. The minimum absolute atomic E-state index is 0.897. The molecule has 0 bridgehead atoms. The van der Waals surface area contributed by atoms with Gasteiger partial charge in [-0.25, -0.2) is 9.97 Å². The Morgan fingerprint density at radius 1 is 0.400 bits per heavy atom. The highest BCUT2D eigenvalue weighted by atomic mass is 32.1. The Kier molecular flexibility index (Phi) is 6.03. The number of benzene rings is 7. The van der Waals surface area contributed by atoms with E-state index in [1.54, 1.807) is 0 Å². The number of hydrogen-bond acceptors (Lipinski definition) is 3. The van der Waals surface area contributed by atoms with Gasteiger partial charge < -0.3 is 0 Å². The lowest BCUT2D eigenvalue weighted by Gasteiger charge is -2.13. The molecule has 0 aliphatic carbocycles. The fourth-order valence-electron chi connectivity index (χ4n) is 6.48. The summed E-state index contributed by atoms with van der Waals surface area (Å²) in [4.78, 5) is 10.4. The standard InChI is InChI=1S/C42H26N2S/c1-3-10-29(11-4-1)40-41(30-12-5-2-6-13-30)44-42-34-24-22-31(26-32(34)23-25-36(42)43-40)27-18-20-28(21-19-27)33-15-9-17-38-39(33)35-14-7-8-16-37(35)45-38/h1-26H. The smallest absolute Gasteiger partial charge is 0.0973 e. The van der Waals surface area contributed by atoms with Crippen LogP contribution in [-0.2, 0) is 0 Å². The van der Waals surface area contributed by atoms with Gasteiger partial charge in [0.1, 0.15) is 0 Å². The summed E-state index contributed by atoms with van der Waals surface area (Å²) in [5.74, 6) is 0. The largest absolute Gasteiger partial charge is 0.244 e. The van der Waals surface area contributed by atoms with Crippen molar-refractivity contribution in [3.8, 4) is 44.8 Å². The van der Waals surface area contributed by atoms with Gasteiger partial charge in [0.25, 0.3) is 0 Å². The SMILES string of the molecule is c1ccc(-c2nc3ccc4cc(-c5ccc(-c6cccc7sc8ccccc8c67)cc5)ccc4c3nc2-c2ccccc2)cc1. The van der Waals surface area contributed by atoms with E-state index in [1.807, 2.05) is 23.5 Å². The molecule has 0 unspecified atom stereocenters. The van der Waals surface area contributed by atoms with E-state index in [4.69, 9.17) is 9.97 Å². The molecular formula is C42H26N2S. The van der Waals surface area contributed by atoms with E-state index < -0.39 is 0 Å². The second-order valence-electron chi connectivity index (χ2n) is 11.4. The van der Waals surface area contributed by atoms with E-state index in [9.17, 15) is 0 Å². The molecule has 3 heteroatoms. The first kappa shape index (κ1) is 25.8. The van der Waals surface area contributed by atoms with Gasteiger partial charge in [0.2, 0.25) is 0 Å². The quantitative estimate of drug-likeness (QED) is 0.191. The Bertz CT molecular complexity index is 2510. The molecule has 0 aliphatic heterocycles. The molecule has 0 radical (unpaired) electrons. The van der Waals surface area contributed by atoms with Crippen molar-refractivity contribution < 1.29 is 0 Å². The highest BCUT2D eigenvalue weighted by Crippen LogP contribution is 2.40. The summed E-state index contributed by atoms with van der Waals surface area (Å²) >= 11 is 1.86. The third-order valence-electron chi connectivity index (χ3n) is 8.68. The molecule has 45 heavy (non-hydrogen) atoms. The zero-order valence-electron chi connectivity index (χ0n) is 24.3. The summed E-state index contributed by atoms with van der Waals surface area (Å²) in [6, 6.07) is 56.0. The van der Waals surface area contributed by atoms with Crippen LogP contribution >= 0.6 is 11.3 Å². The fraction of sp³-hybridized carbons (Fsp3) is 0. The molecule has 0 amide bonds. The van der Waals surface area contributed by atoms with Gasteiger partial charge in [-0.05, 0) is 51.9 Å². The molecule has 210 valence electrons. The van der Waals surface area contributed by atoms with Crippen LogP contribution in [0.3, 0.4) is 0 Å². The molecule has 0 spiro atoms. The fourth-order valence-corrected chi connectivity index (χ4v) is 7.61. The zero-order valence-corrected chi connectivity index (χ0v) is 25.1. The summed E-state index contributed by atoms with van der Waals surface area (Å²) in [6.07, 6.45) is 0. The van der Waals surface area contributed by atoms with Crippen molar-refractivity contribution in [2.75, 3.05) is 0 Å². The van der Waals surface area contributed by atoms with Crippen molar-refractivity contribution in [3.63, 3.8) is 0 Å². The molecule has 2 heterocycles. The van der Waals surface area contributed by atoms with Crippen LogP contribution in [0.4, 0.5) is 0 Å². The van der Waals surface area contributed by atoms with Crippen LogP contribution in [0.2, 0.25) is 0 Å². The average molecular weight is 591 g/mol. The van der Waals surface area contributed by atoms with Gasteiger partial charge in [0.05, 0.1) is 22.4 Å². The summed E-state index contributed by atoms with van der Waals surface area (Å²) < 4.78 is 2.66. The summed E-state index contributed by atoms with van der Waals surface area (Å²) in [6.45, 7) is 0. The molecule has 2 aromatic heterocycles. The first-order valence-electron chi connectivity index (χ1n) is 15.2. The number of fused-ring (bicyclic) bond motifs is 6. The molecule has 0 fully saturated rings. The Balaban J connectivity index is 1.14. The molecule has 0 N–H and O–H groups in total. The molecule has 2 nitrogen and oxygen atoms in total. The molecule has 0 atom stereocenters. The van der Waals surface area contributed by atoms with E-state index in [-0.39, 0.29) is 0 Å². The molecule has 7 aromatic carbocycles. The molecule has 0 aliphatic rings. The zero-order chi connectivity index (χ0) is 29.7. The Morgan fingerprint density at radius 2 is 1.04 bits per heavy atom. The summed E-state index contributed by atoms with van der Waals surface area (Å²) in [5.41, 5.74) is 10.6. The number of aromatic nitrogens is 2. The van der Waals surface area contributed by atoms with E-state index in [1.165, 1.54) is 42.4 Å². The topological polar surface area (TPSA) is 25.8 Å². The van der Waals surface area contributed by atoms with E-state index in [0.29, 0.717) is 0 Å². The Labute approximate surface area is 264 Å². The molecule has 0 saturated carbocycles. The van der Waals surface area contributed by atoms with E-state index in [0.717, 1.165) is 44.3 Å². The van der Waals surface area contributed by atoms with Gasteiger partial charge in [0.15, 0.2) is 0 Å². The van der Waals surface area contributed by atoms with Crippen molar-refractivity contribution in [2.45, 2.75) is 0 Å². The van der Waals surface area contributed by atoms with Crippen molar-refractivity contribution in [3.05, 3.63) is 158 Å². The second-order valence-corrected chi connectivity index (χ2v) is 12.5. The Morgan fingerprint density at radius 3 is 1.82 bits per heavy atom. The average Bonchev–Trinajstić information content (AvgIpc) is 3.51. The Hall–Kier alpha value is -5.64. The monoisotopic (exact) mass is 590 g/mol. The van der Waals surface area contributed by atoms with Gasteiger partial charge in [-0.1, -0.05) is 133 Å². The van der Waals surface area contributed by atoms with Gasteiger partial charge in [-0.2, -0.15) is 0 Å². The number of hydrogen-bond donors (Lipinski definition) is 0. The number of thiophene rings is 1. The lowest BCUT2D eigenvalue weighted by Crippen LogP contribution is -1.96. The van der Waals surface area contributed by atoms with Gasteiger partial charge in [0, 0.05) is 36.7 Å². The maximum atomic E-state index is 5.28. The van der Waals surface area contributed by atoms with Crippen LogP contribution in [0.15, 0.2) is 158 Å². The molecule has 9 rings (SSSR count). The van der Waals surface area contributed by atoms with Crippen molar-refractivity contribution in [2.24, 2.45) is 0 Å². The molecule has 0 saturated heterocycles. The highest BCUT2D eigenvalue weighted by Gasteiger charge is 2.15. The summed E-state index contributed by atoms with van der Waals surface area (Å²) in [7, 11) is 0. The third-order valence-corrected chi connectivity index (χ3v) is 9.81. The third kappa shape index (κ3) is 4.40. The van der Waals surface area contributed by atoms with E-state index >= 15 is 0 Å². The van der Waals surface area contributed by atoms with Crippen molar-refractivity contribution in [1.82, 2.24) is 9.97 Å². The second kappa shape index (κ2) is 10.5. The first-order valence-corrected chi connectivity index (χ1v) is 16.0. The van der Waals surface area contributed by atoms with E-state index in [2.05, 4.69) is 146 Å². The number of nitrogens with zero attached hydrogens (tertiary/aromatic N) is 2. The maximum absolute atomic E-state index is 5.28. The van der Waals surface area contributed by atoms with Crippen LogP contribution in [0.25, 0.3) is 86.7 Å². The van der Waals surface area contributed by atoms with Crippen molar-refractivity contribution in [1.29, 1.82) is 0 Å². The lowest BCUT2D eigenvalue weighted by molar-refractivity contribution is 1.30. The van der Waals surface area contributed by atoms with Crippen LogP contribution in [-0.4, -0.2) is 9.97 Å². The van der Waals surface area contributed by atoms with Crippen LogP contribution in [0.1, 0.15) is 0 Å². The predicted molar refractivity (Wildman–Crippen MR) is 192 cm³/mol. The number of rotatable bonds is 4. The minimum atomic E-state index is 0.897.